The molecule has 2 fully saturated rings. The van der Waals surface area contributed by atoms with Crippen LogP contribution in [0.5, 0.6) is 0 Å². The van der Waals surface area contributed by atoms with E-state index in [1.54, 1.807) is 0 Å². The Bertz CT molecular complexity index is 1020. The van der Waals surface area contributed by atoms with Gasteiger partial charge in [0.25, 0.3) is 0 Å². The van der Waals surface area contributed by atoms with Crippen LogP contribution in [0.4, 0.5) is 0 Å². The van der Waals surface area contributed by atoms with E-state index >= 15 is 0 Å². The van der Waals surface area contributed by atoms with Crippen LogP contribution < -0.4 is 0 Å². The van der Waals surface area contributed by atoms with Gasteiger partial charge in [0.05, 0.1) is 29.2 Å². The molecule has 4 aliphatic rings. The summed E-state index contributed by atoms with van der Waals surface area (Å²) in [6, 6.07) is 0. The number of aromatic nitrogens is 4. The van der Waals surface area contributed by atoms with Gasteiger partial charge in [-0.05, 0) is 63.3 Å². The summed E-state index contributed by atoms with van der Waals surface area (Å²) in [7, 11) is 4.35. The number of hydrogen-bond acceptors (Lipinski definition) is 9. The van der Waals surface area contributed by atoms with Crippen LogP contribution >= 0.6 is 35.2 Å². The first kappa shape index (κ1) is 24.6. The Morgan fingerprint density at radius 1 is 0.853 bits per heavy atom. The molecule has 34 heavy (non-hydrogen) atoms. The Hall–Kier alpha value is -1.13. The molecule has 0 saturated heterocycles. The van der Waals surface area contributed by atoms with E-state index < -0.39 is 0 Å². The van der Waals surface area contributed by atoms with Gasteiger partial charge in [0.2, 0.25) is 0 Å². The van der Waals surface area contributed by atoms with Crippen molar-refractivity contribution in [3.8, 4) is 0 Å². The summed E-state index contributed by atoms with van der Waals surface area (Å²) in [4.78, 5) is 4.72. The fourth-order valence-corrected chi connectivity index (χ4v) is 7.75. The summed E-state index contributed by atoms with van der Waals surface area (Å²) in [6.07, 6.45) is 13.7. The topological polar surface area (TPSA) is 58.0 Å². The summed E-state index contributed by atoms with van der Waals surface area (Å²) < 4.78 is 18.1. The molecular weight excluding hydrogens is 481 g/mol. The molecule has 0 aromatic carbocycles. The third kappa shape index (κ3) is 5.98. The third-order valence-electron chi connectivity index (χ3n) is 7.31. The number of nitrogens with zero attached hydrogens (tertiary/aromatic N) is 6. The lowest BCUT2D eigenvalue weighted by Crippen LogP contribution is -2.25. The normalized spacial score (nSPS) is 26.1. The van der Waals surface area contributed by atoms with Crippen molar-refractivity contribution in [2.45, 2.75) is 68.1 Å². The highest BCUT2D eigenvalue weighted by Gasteiger charge is 2.38. The number of likely N-dealkylation sites (N-methyl/N-ethyl adjacent to an activating group) is 2. The van der Waals surface area contributed by atoms with E-state index in [2.05, 4.69) is 60.5 Å². The van der Waals surface area contributed by atoms with Crippen LogP contribution in [0.25, 0.3) is 11.1 Å². The summed E-state index contributed by atoms with van der Waals surface area (Å²) in [5, 5.41) is 1.95. The summed E-state index contributed by atoms with van der Waals surface area (Å²) in [5.41, 5.74) is 6.36. The molecule has 2 unspecified atom stereocenters. The Labute approximate surface area is 216 Å². The van der Waals surface area contributed by atoms with E-state index in [1.807, 2.05) is 11.8 Å². The molecule has 4 heterocycles. The molecule has 2 aromatic heterocycles. The smallest absolute Gasteiger partial charge is 0.138 e. The lowest BCUT2D eigenvalue weighted by atomic mass is 10.0. The summed E-state index contributed by atoms with van der Waals surface area (Å²) in [5.74, 6) is 1.49. The molecule has 0 N–H and O–H groups in total. The lowest BCUT2D eigenvalue weighted by molar-refractivity contribution is 0.372. The molecule has 0 radical (unpaired) electrons. The average molecular weight is 517 g/mol. The number of rotatable bonds is 5. The number of thioether (sulfide) groups is 1. The van der Waals surface area contributed by atoms with Gasteiger partial charge in [0, 0.05) is 37.3 Å². The Morgan fingerprint density at radius 3 is 2.06 bits per heavy atom. The zero-order valence-electron chi connectivity index (χ0n) is 20.6. The van der Waals surface area contributed by atoms with Gasteiger partial charge in [0.15, 0.2) is 0 Å². The van der Waals surface area contributed by atoms with Gasteiger partial charge < -0.3 is 9.80 Å². The van der Waals surface area contributed by atoms with Gasteiger partial charge in [0.1, 0.15) is 16.4 Å². The van der Waals surface area contributed by atoms with E-state index in [1.165, 1.54) is 83.1 Å². The Morgan fingerprint density at radius 2 is 1.44 bits per heavy atom. The molecule has 0 bridgehead atoms. The van der Waals surface area contributed by atoms with Gasteiger partial charge in [-0.3, -0.25) is 0 Å². The third-order valence-corrected chi connectivity index (χ3v) is 9.80. The van der Waals surface area contributed by atoms with Crippen molar-refractivity contribution in [3.05, 3.63) is 29.2 Å². The van der Waals surface area contributed by atoms with Crippen molar-refractivity contribution in [2.75, 3.05) is 40.3 Å². The molecular formula is C25H36N6S3. The van der Waals surface area contributed by atoms with E-state index in [0.717, 1.165) is 55.9 Å². The maximum Gasteiger partial charge on any atom is 0.138 e. The van der Waals surface area contributed by atoms with Crippen molar-refractivity contribution in [1.82, 2.24) is 27.3 Å². The zero-order chi connectivity index (χ0) is 23.5. The minimum absolute atomic E-state index is 0.682. The largest absolute Gasteiger partial charge is 0.302 e. The van der Waals surface area contributed by atoms with Crippen LogP contribution in [0, 0.1) is 5.92 Å². The molecule has 6 nitrogen and oxygen atoms in total. The van der Waals surface area contributed by atoms with Gasteiger partial charge in [-0.15, -0.1) is 0 Å². The van der Waals surface area contributed by atoms with Crippen LogP contribution in [0.2, 0.25) is 0 Å². The van der Waals surface area contributed by atoms with Crippen molar-refractivity contribution < 1.29 is 0 Å². The van der Waals surface area contributed by atoms with Crippen molar-refractivity contribution in [1.29, 1.82) is 0 Å². The molecule has 2 aliphatic heterocycles. The standard InChI is InChI=1S/C13H19N3S2.C12H17N3S/c1-16-8-4-5-10(9-16)12-13(15-18-14-12)17-11-6-2-3-7-11;1-8-6-10(8)12-11(13-16-14-12)9-4-3-5-15(2)7-9/h5,11H,2-4,6-9H2,1H3;4,8,10H,3,5-7H2,1-2H3. The van der Waals surface area contributed by atoms with E-state index in [0.29, 0.717) is 5.92 Å². The van der Waals surface area contributed by atoms with Gasteiger partial charge >= 0.3 is 0 Å². The highest BCUT2D eigenvalue weighted by Crippen LogP contribution is 2.48. The first-order chi connectivity index (χ1) is 16.6. The van der Waals surface area contributed by atoms with Gasteiger partial charge in [-0.25, -0.2) is 0 Å². The summed E-state index contributed by atoms with van der Waals surface area (Å²) in [6.45, 7) is 6.67. The molecule has 2 aromatic rings. The monoisotopic (exact) mass is 516 g/mol. The second-order valence-electron chi connectivity index (χ2n) is 10.3. The molecule has 184 valence electrons. The maximum absolute atomic E-state index is 4.53. The second kappa shape index (κ2) is 11.3. The summed E-state index contributed by atoms with van der Waals surface area (Å²) >= 11 is 4.69. The maximum atomic E-state index is 4.53. The molecule has 0 amide bonds. The van der Waals surface area contributed by atoms with E-state index in [4.69, 9.17) is 0 Å². The molecule has 2 saturated carbocycles. The van der Waals surface area contributed by atoms with E-state index in [-0.39, 0.29) is 0 Å². The highest BCUT2D eigenvalue weighted by atomic mass is 32.2. The average Bonchev–Trinajstić information content (AvgIpc) is 3.31. The van der Waals surface area contributed by atoms with Gasteiger partial charge in [-0.1, -0.05) is 43.7 Å². The molecule has 9 heteroatoms. The lowest BCUT2D eigenvalue weighted by Gasteiger charge is -2.22. The molecule has 6 rings (SSSR count). The first-order valence-electron chi connectivity index (χ1n) is 12.7. The Balaban J connectivity index is 0.000000142. The van der Waals surface area contributed by atoms with Crippen molar-refractivity contribution in [2.24, 2.45) is 5.92 Å². The quantitative estimate of drug-likeness (QED) is 0.507. The predicted molar refractivity (Wildman–Crippen MR) is 145 cm³/mol. The van der Waals surface area contributed by atoms with Gasteiger partial charge in [-0.2, -0.15) is 17.5 Å². The fourth-order valence-electron chi connectivity index (χ4n) is 5.11. The second-order valence-corrected chi connectivity index (χ2v) is 12.6. The predicted octanol–water partition coefficient (Wildman–Crippen LogP) is 5.67. The first-order valence-corrected chi connectivity index (χ1v) is 15.0. The van der Waals surface area contributed by atoms with Crippen LogP contribution in [-0.4, -0.2) is 72.8 Å². The van der Waals surface area contributed by atoms with Crippen LogP contribution in [0.3, 0.4) is 0 Å². The minimum Gasteiger partial charge on any atom is -0.302 e. The van der Waals surface area contributed by atoms with Crippen LogP contribution in [0.15, 0.2) is 17.2 Å². The van der Waals surface area contributed by atoms with E-state index in [9.17, 15) is 0 Å². The zero-order valence-corrected chi connectivity index (χ0v) is 23.0. The number of hydrogen-bond donors (Lipinski definition) is 0. The Kier molecular flexibility index (Phi) is 8.15. The van der Waals surface area contributed by atoms with Crippen LogP contribution in [0.1, 0.15) is 74.9 Å². The molecule has 2 aliphatic carbocycles. The minimum atomic E-state index is 0.682. The molecule has 2 atom stereocenters. The fraction of sp³-hybridized carbons (Fsp3) is 0.680. The van der Waals surface area contributed by atoms with Crippen molar-refractivity contribution in [3.63, 3.8) is 0 Å². The van der Waals surface area contributed by atoms with Crippen LogP contribution in [-0.2, 0) is 0 Å². The SMILES string of the molecule is CC1CC1c1nsnc1C1=CCCN(C)C1.CN1CCC=C(c2nsnc2SC2CCCC2)C1. The highest BCUT2D eigenvalue weighted by molar-refractivity contribution is 8.00. The van der Waals surface area contributed by atoms with Crippen molar-refractivity contribution >= 4 is 46.4 Å². The molecule has 0 spiro atoms.